The van der Waals surface area contributed by atoms with Crippen LogP contribution in [0.3, 0.4) is 0 Å². The second-order valence-corrected chi connectivity index (χ2v) is 3.96. The molecule has 80 valence electrons. The van der Waals surface area contributed by atoms with Crippen molar-refractivity contribution in [3.05, 3.63) is 27.2 Å². The molecule has 1 aromatic carbocycles. The van der Waals surface area contributed by atoms with Crippen molar-refractivity contribution < 1.29 is 5.11 Å². The molecule has 0 radical (unpaired) electrons. The molecular formula is C8H11BrCl2N2O. The van der Waals surface area contributed by atoms with E-state index in [9.17, 15) is 5.11 Å². The highest BCUT2D eigenvalue weighted by Gasteiger charge is 2.12. The van der Waals surface area contributed by atoms with Gasteiger partial charge >= 0.3 is 0 Å². The lowest BCUT2D eigenvalue weighted by molar-refractivity contribution is 0.458. The standard InChI is InChI=1S/C8H10BrClN2O.ClH/c9-6-2-4(10)1-5(8(6)13)7(12)3-11;/h1-2,7,13H,3,11-12H2;1H/t7-;/m0./s1. The molecule has 0 aromatic heterocycles. The van der Waals surface area contributed by atoms with Gasteiger partial charge in [0.25, 0.3) is 0 Å². The van der Waals surface area contributed by atoms with Crippen LogP contribution in [0.2, 0.25) is 5.02 Å². The van der Waals surface area contributed by atoms with Crippen LogP contribution < -0.4 is 11.5 Å². The molecule has 0 saturated carbocycles. The molecule has 0 aliphatic carbocycles. The van der Waals surface area contributed by atoms with Gasteiger partial charge in [0, 0.05) is 23.2 Å². The van der Waals surface area contributed by atoms with Gasteiger partial charge in [0.1, 0.15) is 5.75 Å². The molecule has 0 bridgehead atoms. The summed E-state index contributed by atoms with van der Waals surface area (Å²) in [4.78, 5) is 0. The zero-order valence-corrected chi connectivity index (χ0v) is 10.4. The number of aromatic hydroxyl groups is 1. The summed E-state index contributed by atoms with van der Waals surface area (Å²) in [5.41, 5.74) is 11.6. The number of rotatable bonds is 2. The van der Waals surface area contributed by atoms with Gasteiger partial charge in [-0.3, -0.25) is 0 Å². The van der Waals surface area contributed by atoms with Gasteiger partial charge in [0.15, 0.2) is 0 Å². The van der Waals surface area contributed by atoms with Crippen molar-refractivity contribution in [3.8, 4) is 5.75 Å². The van der Waals surface area contributed by atoms with Crippen LogP contribution in [-0.2, 0) is 0 Å². The number of hydrogen-bond donors (Lipinski definition) is 3. The topological polar surface area (TPSA) is 72.3 Å². The zero-order chi connectivity index (χ0) is 10.0. The molecule has 1 rings (SSSR count). The van der Waals surface area contributed by atoms with Crippen molar-refractivity contribution in [3.63, 3.8) is 0 Å². The van der Waals surface area contributed by atoms with Crippen LogP contribution in [0.15, 0.2) is 16.6 Å². The van der Waals surface area contributed by atoms with Gasteiger partial charge in [-0.1, -0.05) is 11.6 Å². The monoisotopic (exact) mass is 300 g/mol. The normalized spacial score (nSPS) is 12.0. The number of nitrogens with two attached hydrogens (primary N) is 2. The van der Waals surface area contributed by atoms with Crippen LogP contribution in [0.5, 0.6) is 5.75 Å². The molecule has 5 N–H and O–H groups in total. The summed E-state index contributed by atoms with van der Waals surface area (Å²) in [7, 11) is 0. The fourth-order valence-electron chi connectivity index (χ4n) is 0.996. The summed E-state index contributed by atoms with van der Waals surface area (Å²) in [6.45, 7) is 0.264. The first-order valence-electron chi connectivity index (χ1n) is 3.69. The quantitative estimate of drug-likeness (QED) is 0.784. The van der Waals surface area contributed by atoms with Crippen LogP contribution >= 0.6 is 39.9 Å². The lowest BCUT2D eigenvalue weighted by Gasteiger charge is -2.12. The van der Waals surface area contributed by atoms with Crippen molar-refractivity contribution >= 4 is 39.9 Å². The molecule has 0 amide bonds. The molecule has 0 saturated heterocycles. The smallest absolute Gasteiger partial charge is 0.134 e. The summed E-state index contributed by atoms with van der Waals surface area (Å²) >= 11 is 8.95. The molecule has 0 aliphatic rings. The van der Waals surface area contributed by atoms with Gasteiger partial charge in [-0.05, 0) is 28.1 Å². The van der Waals surface area contributed by atoms with E-state index in [1.807, 2.05) is 0 Å². The Hall–Kier alpha value is -0.000000000000000111. The summed E-state index contributed by atoms with van der Waals surface area (Å²) in [6, 6.07) is 2.82. The first kappa shape index (κ1) is 14.0. The number of halogens is 3. The van der Waals surface area contributed by atoms with Gasteiger partial charge in [-0.15, -0.1) is 12.4 Å². The molecule has 0 fully saturated rings. The van der Waals surface area contributed by atoms with Crippen LogP contribution in [0.4, 0.5) is 0 Å². The maximum Gasteiger partial charge on any atom is 0.134 e. The number of phenolic OH excluding ortho intramolecular Hbond substituents is 1. The van der Waals surface area contributed by atoms with E-state index in [4.69, 9.17) is 23.1 Å². The molecule has 0 unspecified atom stereocenters. The third-order valence-electron chi connectivity index (χ3n) is 1.71. The van der Waals surface area contributed by atoms with E-state index in [0.717, 1.165) is 0 Å². The van der Waals surface area contributed by atoms with Crippen LogP contribution in [0.1, 0.15) is 11.6 Å². The van der Waals surface area contributed by atoms with E-state index in [2.05, 4.69) is 15.9 Å². The van der Waals surface area contributed by atoms with E-state index < -0.39 is 6.04 Å². The highest BCUT2D eigenvalue weighted by molar-refractivity contribution is 9.10. The highest BCUT2D eigenvalue weighted by atomic mass is 79.9. The second kappa shape index (κ2) is 5.78. The average Bonchev–Trinajstić information content (AvgIpc) is 2.10. The second-order valence-electron chi connectivity index (χ2n) is 2.67. The van der Waals surface area contributed by atoms with Crippen LogP contribution in [0, 0.1) is 0 Å². The van der Waals surface area contributed by atoms with Crippen molar-refractivity contribution in [1.29, 1.82) is 0 Å². The molecule has 0 heterocycles. The first-order chi connectivity index (χ1) is 6.06. The maximum absolute atomic E-state index is 9.58. The van der Waals surface area contributed by atoms with E-state index >= 15 is 0 Å². The predicted molar refractivity (Wildman–Crippen MR) is 64.0 cm³/mol. The lowest BCUT2D eigenvalue weighted by Crippen LogP contribution is -2.20. The summed E-state index contributed by atoms with van der Waals surface area (Å²) in [6.07, 6.45) is 0. The molecule has 0 spiro atoms. The van der Waals surface area contributed by atoms with E-state index in [1.54, 1.807) is 12.1 Å². The third kappa shape index (κ3) is 3.00. The van der Waals surface area contributed by atoms with Crippen molar-refractivity contribution in [2.24, 2.45) is 11.5 Å². The Balaban J connectivity index is 0.00000169. The first-order valence-corrected chi connectivity index (χ1v) is 4.87. The van der Waals surface area contributed by atoms with E-state index in [0.29, 0.717) is 15.1 Å². The van der Waals surface area contributed by atoms with Crippen molar-refractivity contribution in [2.45, 2.75) is 6.04 Å². The summed E-state index contributed by atoms with van der Waals surface area (Å²) in [5, 5.41) is 10.1. The molecule has 0 aliphatic heterocycles. The Labute approximate surface area is 102 Å². The lowest BCUT2D eigenvalue weighted by atomic mass is 10.1. The Morgan fingerprint density at radius 1 is 1.50 bits per heavy atom. The molecular weight excluding hydrogens is 291 g/mol. The summed E-state index contributed by atoms with van der Waals surface area (Å²) < 4.78 is 0.527. The van der Waals surface area contributed by atoms with Crippen LogP contribution in [-0.4, -0.2) is 11.7 Å². The highest BCUT2D eigenvalue weighted by Crippen LogP contribution is 2.33. The predicted octanol–water partition coefficient (Wildman–Crippen LogP) is 2.19. The molecule has 3 nitrogen and oxygen atoms in total. The van der Waals surface area contributed by atoms with Crippen LogP contribution in [0.25, 0.3) is 0 Å². The minimum atomic E-state index is -0.394. The largest absolute Gasteiger partial charge is 0.506 e. The summed E-state index contributed by atoms with van der Waals surface area (Å²) in [5.74, 6) is 0.0994. The molecule has 6 heteroatoms. The fourth-order valence-corrected chi connectivity index (χ4v) is 1.83. The molecule has 1 aromatic rings. The van der Waals surface area contributed by atoms with Gasteiger partial charge in [0.05, 0.1) is 4.47 Å². The number of phenols is 1. The van der Waals surface area contributed by atoms with Crippen molar-refractivity contribution in [2.75, 3.05) is 6.54 Å². The maximum atomic E-state index is 9.58. The Morgan fingerprint density at radius 2 is 2.07 bits per heavy atom. The van der Waals surface area contributed by atoms with E-state index in [1.165, 1.54) is 0 Å². The Bertz CT molecular complexity index is 322. The Kier molecular flexibility index (Phi) is 5.78. The van der Waals surface area contributed by atoms with Gasteiger partial charge in [-0.25, -0.2) is 0 Å². The van der Waals surface area contributed by atoms with Gasteiger partial charge < -0.3 is 16.6 Å². The SMILES string of the molecule is Cl.NC[C@H](N)c1cc(Cl)cc(Br)c1O. The number of benzene rings is 1. The fraction of sp³-hybridized carbons (Fsp3) is 0.250. The molecule has 14 heavy (non-hydrogen) atoms. The minimum absolute atomic E-state index is 0. The Morgan fingerprint density at radius 3 is 2.57 bits per heavy atom. The number of hydrogen-bond acceptors (Lipinski definition) is 3. The van der Waals surface area contributed by atoms with E-state index in [-0.39, 0.29) is 24.7 Å². The van der Waals surface area contributed by atoms with Crippen molar-refractivity contribution in [1.82, 2.24) is 0 Å². The molecule has 1 atom stereocenters. The van der Waals surface area contributed by atoms with Gasteiger partial charge in [-0.2, -0.15) is 0 Å². The average molecular weight is 302 g/mol. The van der Waals surface area contributed by atoms with Gasteiger partial charge in [0.2, 0.25) is 0 Å². The minimum Gasteiger partial charge on any atom is -0.506 e. The third-order valence-corrected chi connectivity index (χ3v) is 2.53. The zero-order valence-electron chi connectivity index (χ0n) is 7.21.